The van der Waals surface area contributed by atoms with Crippen LogP contribution < -0.4 is 0 Å². The van der Waals surface area contributed by atoms with Gasteiger partial charge in [-0.15, -0.1) is 0 Å². The van der Waals surface area contributed by atoms with Crippen LogP contribution in [0.5, 0.6) is 0 Å². The number of nitrogens with zero attached hydrogens (tertiary/aromatic N) is 1. The molecule has 0 aromatic heterocycles. The van der Waals surface area contributed by atoms with Crippen molar-refractivity contribution >= 4 is 14.2 Å². The Morgan fingerprint density at radius 1 is 1.29 bits per heavy atom. The van der Waals surface area contributed by atoms with Gasteiger partial charge in [0.1, 0.15) is 13.8 Å². The highest BCUT2D eigenvalue weighted by atomic mass is 28.3. The Labute approximate surface area is 87.2 Å². The molecular formula is C10H21NO2Si. The van der Waals surface area contributed by atoms with Crippen molar-refractivity contribution in [1.82, 2.24) is 4.57 Å². The summed E-state index contributed by atoms with van der Waals surface area (Å²) in [4.78, 5) is 11.4. The molecule has 14 heavy (non-hydrogen) atoms. The molecule has 82 valence electrons. The van der Waals surface area contributed by atoms with E-state index in [1.54, 1.807) is 0 Å². The molecule has 4 heteroatoms. The molecule has 1 aliphatic rings. The minimum atomic E-state index is -1.51. The Kier molecular flexibility index (Phi) is 3.06. The second-order valence-corrected chi connectivity index (χ2v) is 10.3. The van der Waals surface area contributed by atoms with Crippen molar-refractivity contribution in [3.8, 4) is 0 Å². The normalized spacial score (nSPS) is 21.5. The van der Waals surface area contributed by atoms with Crippen molar-refractivity contribution in [1.29, 1.82) is 0 Å². The van der Waals surface area contributed by atoms with Crippen molar-refractivity contribution in [2.75, 3.05) is 7.05 Å². The van der Waals surface area contributed by atoms with Crippen LogP contribution in [0.2, 0.25) is 19.6 Å². The van der Waals surface area contributed by atoms with Crippen LogP contribution in [0.4, 0.5) is 0 Å². The van der Waals surface area contributed by atoms with Crippen molar-refractivity contribution in [3.63, 3.8) is 0 Å². The van der Waals surface area contributed by atoms with Crippen molar-refractivity contribution in [2.24, 2.45) is 0 Å². The quantitative estimate of drug-likeness (QED) is 0.733. The van der Waals surface area contributed by atoms with Crippen LogP contribution in [0.25, 0.3) is 0 Å². The molecule has 0 radical (unpaired) electrons. The summed E-state index contributed by atoms with van der Waals surface area (Å²) in [5.41, 5.74) is -0.551. The third-order valence-corrected chi connectivity index (χ3v) is 5.92. The molecule has 0 saturated heterocycles. The minimum Gasteiger partial charge on any atom is -0.480 e. The van der Waals surface area contributed by atoms with Gasteiger partial charge in [0.15, 0.2) is 0 Å². The van der Waals surface area contributed by atoms with E-state index in [1.807, 2.05) is 7.05 Å². The fourth-order valence-corrected chi connectivity index (χ4v) is 3.90. The molecule has 0 bridgehead atoms. The van der Waals surface area contributed by atoms with E-state index in [4.69, 9.17) is 0 Å². The summed E-state index contributed by atoms with van der Waals surface area (Å²) < 4.78 is 2.16. The van der Waals surface area contributed by atoms with Gasteiger partial charge in [-0.1, -0.05) is 32.5 Å². The summed E-state index contributed by atoms with van der Waals surface area (Å²) in [6.07, 6.45) is 3.76. The number of rotatable bonds is 3. The highest BCUT2D eigenvalue weighted by Gasteiger charge is 2.48. The maximum Gasteiger partial charge on any atom is 0.323 e. The van der Waals surface area contributed by atoms with Crippen LogP contribution in [-0.4, -0.2) is 36.5 Å². The van der Waals surface area contributed by atoms with Crippen LogP contribution in [0.15, 0.2) is 0 Å². The summed E-state index contributed by atoms with van der Waals surface area (Å²) >= 11 is 0. The summed E-state index contributed by atoms with van der Waals surface area (Å²) in [5, 5.41) is 9.38. The van der Waals surface area contributed by atoms with E-state index >= 15 is 0 Å². The van der Waals surface area contributed by atoms with Gasteiger partial charge in [-0.2, -0.15) is 0 Å². The number of carbonyl (C=O) groups is 1. The van der Waals surface area contributed by atoms with Gasteiger partial charge in [-0.25, -0.2) is 0 Å². The second kappa shape index (κ2) is 3.66. The molecular weight excluding hydrogens is 194 g/mol. The van der Waals surface area contributed by atoms with Crippen molar-refractivity contribution < 1.29 is 9.90 Å². The highest BCUT2D eigenvalue weighted by molar-refractivity contribution is 6.73. The molecule has 0 aromatic rings. The molecule has 3 nitrogen and oxygen atoms in total. The zero-order valence-corrected chi connectivity index (χ0v) is 10.6. The first-order valence-corrected chi connectivity index (χ1v) is 8.73. The first-order valence-electron chi connectivity index (χ1n) is 5.28. The number of carboxylic acid groups (broad SMARTS) is 1. The zero-order chi connectivity index (χ0) is 11.0. The monoisotopic (exact) mass is 215 g/mol. The zero-order valence-electron chi connectivity index (χ0n) is 9.63. The lowest BCUT2D eigenvalue weighted by Gasteiger charge is -2.42. The molecule has 0 amide bonds. The number of aliphatic carboxylic acids is 1. The number of hydrogen-bond acceptors (Lipinski definition) is 2. The van der Waals surface area contributed by atoms with E-state index in [-0.39, 0.29) is 0 Å². The topological polar surface area (TPSA) is 40.5 Å². The Morgan fingerprint density at radius 2 is 1.71 bits per heavy atom. The molecule has 1 fully saturated rings. The first-order chi connectivity index (χ1) is 6.31. The summed E-state index contributed by atoms with van der Waals surface area (Å²) in [5.74, 6) is -0.625. The van der Waals surface area contributed by atoms with E-state index < -0.39 is 19.7 Å². The summed E-state index contributed by atoms with van der Waals surface area (Å²) in [7, 11) is 0.483. The molecule has 1 aliphatic carbocycles. The van der Waals surface area contributed by atoms with Gasteiger partial charge in [-0.05, 0) is 19.9 Å². The van der Waals surface area contributed by atoms with Gasteiger partial charge >= 0.3 is 5.97 Å². The molecule has 1 rings (SSSR count). The van der Waals surface area contributed by atoms with Crippen LogP contribution in [0.1, 0.15) is 25.7 Å². The third-order valence-electron chi connectivity index (χ3n) is 3.48. The summed E-state index contributed by atoms with van der Waals surface area (Å²) in [6, 6.07) is 0. The van der Waals surface area contributed by atoms with Crippen molar-refractivity contribution in [2.45, 2.75) is 50.9 Å². The Hall–Kier alpha value is -0.353. The van der Waals surface area contributed by atoms with Crippen LogP contribution in [0.3, 0.4) is 0 Å². The Bertz CT molecular complexity index is 229. The van der Waals surface area contributed by atoms with Crippen LogP contribution in [0, 0.1) is 0 Å². The highest BCUT2D eigenvalue weighted by Crippen LogP contribution is 2.37. The maximum absolute atomic E-state index is 11.4. The average Bonchev–Trinajstić information content (AvgIpc) is 2.50. The van der Waals surface area contributed by atoms with Gasteiger partial charge in [-0.3, -0.25) is 4.79 Å². The standard InChI is InChI=1S/C10H21NO2Si/c1-11(14(2,3)4)10(9(12)13)7-5-6-8-10/h5-8H2,1-4H3,(H,12,13). The van der Waals surface area contributed by atoms with Gasteiger partial charge in [0, 0.05) is 0 Å². The van der Waals surface area contributed by atoms with Gasteiger partial charge in [0.25, 0.3) is 0 Å². The third kappa shape index (κ3) is 1.86. The fourth-order valence-electron chi connectivity index (χ4n) is 2.29. The first kappa shape index (κ1) is 11.7. The molecule has 0 heterocycles. The fraction of sp³-hybridized carbons (Fsp3) is 0.900. The van der Waals surface area contributed by atoms with E-state index in [1.165, 1.54) is 0 Å². The van der Waals surface area contributed by atoms with Gasteiger partial charge < -0.3 is 9.67 Å². The average molecular weight is 215 g/mol. The molecule has 1 saturated carbocycles. The molecule has 0 spiro atoms. The summed E-state index contributed by atoms with van der Waals surface area (Å²) in [6.45, 7) is 6.61. The lowest BCUT2D eigenvalue weighted by molar-refractivity contribution is -0.147. The lowest BCUT2D eigenvalue weighted by atomic mass is 9.98. The van der Waals surface area contributed by atoms with E-state index in [0.29, 0.717) is 0 Å². The van der Waals surface area contributed by atoms with E-state index in [9.17, 15) is 9.90 Å². The molecule has 0 unspecified atom stereocenters. The smallest absolute Gasteiger partial charge is 0.323 e. The number of carboxylic acids is 1. The van der Waals surface area contributed by atoms with E-state index in [2.05, 4.69) is 24.2 Å². The van der Waals surface area contributed by atoms with Crippen LogP contribution in [-0.2, 0) is 4.79 Å². The van der Waals surface area contributed by atoms with Gasteiger partial charge in [0.05, 0.1) is 0 Å². The molecule has 0 aromatic carbocycles. The predicted octanol–water partition coefficient (Wildman–Crippen LogP) is 2.15. The second-order valence-electron chi connectivity index (χ2n) is 5.27. The van der Waals surface area contributed by atoms with Crippen LogP contribution >= 0.6 is 0 Å². The number of hydrogen-bond donors (Lipinski definition) is 1. The minimum absolute atomic E-state index is 0.551. The largest absolute Gasteiger partial charge is 0.480 e. The van der Waals surface area contributed by atoms with E-state index in [0.717, 1.165) is 25.7 Å². The number of likely N-dealkylation sites (N-methyl/N-ethyl adjacent to an activating group) is 1. The maximum atomic E-state index is 11.4. The Balaban J connectivity index is 2.94. The molecule has 0 aliphatic heterocycles. The molecule has 1 N–H and O–H groups in total. The lowest BCUT2D eigenvalue weighted by Crippen LogP contribution is -2.60. The van der Waals surface area contributed by atoms with Crippen molar-refractivity contribution in [3.05, 3.63) is 0 Å². The predicted molar refractivity (Wildman–Crippen MR) is 59.9 cm³/mol. The molecule has 0 atom stereocenters. The SMILES string of the molecule is CN(C1(C(=O)O)CCCC1)[Si](C)(C)C. The van der Waals surface area contributed by atoms with Gasteiger partial charge in [0.2, 0.25) is 0 Å². The Morgan fingerprint density at radius 3 is 2.00 bits per heavy atom.